The number of aromatic nitrogens is 2. The van der Waals surface area contributed by atoms with Gasteiger partial charge < -0.3 is 19.6 Å². The van der Waals surface area contributed by atoms with Crippen molar-refractivity contribution in [2.45, 2.75) is 63.8 Å². The number of hydrogen-bond donors (Lipinski definition) is 1. The number of amides is 2. The lowest BCUT2D eigenvalue weighted by atomic mass is 9.89. The summed E-state index contributed by atoms with van der Waals surface area (Å²) in [6.07, 6.45) is 6.66. The van der Waals surface area contributed by atoms with Crippen molar-refractivity contribution in [3.63, 3.8) is 0 Å². The number of carbonyl (C=O) groups is 2. The first kappa shape index (κ1) is 23.5. The quantitative estimate of drug-likeness (QED) is 0.643. The van der Waals surface area contributed by atoms with Crippen LogP contribution in [0.3, 0.4) is 0 Å². The van der Waals surface area contributed by atoms with Crippen molar-refractivity contribution in [3.05, 3.63) is 41.0 Å². The third-order valence-electron chi connectivity index (χ3n) is 6.63. The molecule has 33 heavy (non-hydrogen) atoms. The maximum atomic E-state index is 12.8. The molecule has 2 aliphatic rings. The molecule has 2 aromatic rings. The standard InChI is InChI=1S/C24H32ClN5O3/c1-18(31)27-24(11-4-2-3-5-12-24)23-26-21(33-28-23)9-10-22(32)30-15-13-29(14-16-30)20-8-6-7-19(25)17-20/h6-8,17H,2-5,9-16H2,1H3,(H,27,31). The van der Waals surface area contributed by atoms with Gasteiger partial charge in [-0.2, -0.15) is 4.98 Å². The number of rotatable bonds is 6. The zero-order valence-electron chi connectivity index (χ0n) is 19.2. The number of hydrogen-bond acceptors (Lipinski definition) is 6. The Labute approximate surface area is 199 Å². The lowest BCUT2D eigenvalue weighted by Gasteiger charge is -2.36. The molecule has 2 fully saturated rings. The smallest absolute Gasteiger partial charge is 0.227 e. The fourth-order valence-corrected chi connectivity index (χ4v) is 5.07. The zero-order valence-corrected chi connectivity index (χ0v) is 19.9. The van der Waals surface area contributed by atoms with Crippen LogP contribution >= 0.6 is 11.6 Å². The molecule has 2 amide bonds. The normalized spacial score (nSPS) is 18.6. The van der Waals surface area contributed by atoms with E-state index < -0.39 is 5.54 Å². The Morgan fingerprint density at radius 3 is 2.52 bits per heavy atom. The Balaban J connectivity index is 1.31. The Morgan fingerprint density at radius 1 is 1.12 bits per heavy atom. The minimum Gasteiger partial charge on any atom is -0.368 e. The molecule has 1 aromatic carbocycles. The van der Waals surface area contributed by atoms with Crippen LogP contribution in [0.4, 0.5) is 5.69 Å². The van der Waals surface area contributed by atoms with Gasteiger partial charge in [0, 0.05) is 56.7 Å². The fraction of sp³-hybridized carbons (Fsp3) is 0.583. The van der Waals surface area contributed by atoms with Crippen molar-refractivity contribution < 1.29 is 14.1 Å². The lowest BCUT2D eigenvalue weighted by molar-refractivity contribution is -0.131. The van der Waals surface area contributed by atoms with Crippen molar-refractivity contribution >= 4 is 29.1 Å². The molecular weight excluding hydrogens is 442 g/mol. The van der Waals surface area contributed by atoms with E-state index in [2.05, 4.69) is 20.4 Å². The number of piperazine rings is 1. The number of nitrogens with one attached hydrogen (secondary N) is 1. The first-order chi connectivity index (χ1) is 15.9. The predicted octanol–water partition coefficient (Wildman–Crippen LogP) is 3.69. The third kappa shape index (κ3) is 5.85. The van der Waals surface area contributed by atoms with Crippen LogP contribution in [0, 0.1) is 0 Å². The summed E-state index contributed by atoms with van der Waals surface area (Å²) in [5.41, 5.74) is 0.518. The largest absolute Gasteiger partial charge is 0.368 e. The summed E-state index contributed by atoms with van der Waals surface area (Å²) in [5, 5.41) is 8.01. The molecule has 178 valence electrons. The highest BCUT2D eigenvalue weighted by atomic mass is 35.5. The number of benzene rings is 1. The number of nitrogens with zero attached hydrogens (tertiary/aromatic N) is 4. The number of aryl methyl sites for hydroxylation is 1. The minimum absolute atomic E-state index is 0.0876. The first-order valence-electron chi connectivity index (χ1n) is 11.9. The molecule has 1 saturated carbocycles. The summed E-state index contributed by atoms with van der Waals surface area (Å²) in [7, 11) is 0. The van der Waals surface area contributed by atoms with Crippen LogP contribution in [-0.2, 0) is 21.5 Å². The van der Waals surface area contributed by atoms with E-state index in [0.29, 0.717) is 42.7 Å². The number of anilines is 1. The van der Waals surface area contributed by atoms with Crippen LogP contribution in [0.15, 0.2) is 28.8 Å². The molecule has 2 heterocycles. The van der Waals surface area contributed by atoms with Gasteiger partial charge >= 0.3 is 0 Å². The van der Waals surface area contributed by atoms with Gasteiger partial charge in [0.15, 0.2) is 5.82 Å². The van der Waals surface area contributed by atoms with E-state index in [1.165, 1.54) is 6.92 Å². The molecular formula is C24H32ClN5O3. The second-order valence-electron chi connectivity index (χ2n) is 9.04. The van der Waals surface area contributed by atoms with Crippen LogP contribution in [-0.4, -0.2) is 53.0 Å². The van der Waals surface area contributed by atoms with Crippen molar-refractivity contribution in [1.29, 1.82) is 0 Å². The van der Waals surface area contributed by atoms with Gasteiger partial charge in [0.2, 0.25) is 17.7 Å². The zero-order chi connectivity index (χ0) is 23.3. The molecule has 0 radical (unpaired) electrons. The van der Waals surface area contributed by atoms with Crippen molar-refractivity contribution in [1.82, 2.24) is 20.4 Å². The van der Waals surface area contributed by atoms with Gasteiger partial charge in [-0.15, -0.1) is 0 Å². The predicted molar refractivity (Wildman–Crippen MR) is 126 cm³/mol. The van der Waals surface area contributed by atoms with Gasteiger partial charge in [0.1, 0.15) is 5.54 Å². The highest BCUT2D eigenvalue weighted by molar-refractivity contribution is 6.30. The highest BCUT2D eigenvalue weighted by Gasteiger charge is 2.38. The van der Waals surface area contributed by atoms with E-state index in [4.69, 9.17) is 16.1 Å². The van der Waals surface area contributed by atoms with Gasteiger partial charge in [-0.25, -0.2) is 0 Å². The summed E-state index contributed by atoms with van der Waals surface area (Å²) < 4.78 is 5.49. The van der Waals surface area contributed by atoms with Crippen molar-refractivity contribution in [2.24, 2.45) is 0 Å². The van der Waals surface area contributed by atoms with Gasteiger partial charge in [-0.1, -0.05) is 48.5 Å². The molecule has 0 spiro atoms. The molecule has 1 aliphatic carbocycles. The SMILES string of the molecule is CC(=O)NC1(c2noc(CCC(=O)N3CCN(c4cccc(Cl)c4)CC3)n2)CCCCCC1. The summed E-state index contributed by atoms with van der Waals surface area (Å²) >= 11 is 6.10. The van der Waals surface area contributed by atoms with Crippen molar-refractivity contribution in [2.75, 3.05) is 31.1 Å². The second-order valence-corrected chi connectivity index (χ2v) is 9.47. The summed E-state index contributed by atoms with van der Waals surface area (Å²) in [4.78, 5) is 33.4. The molecule has 8 nitrogen and oxygen atoms in total. The molecule has 1 aromatic heterocycles. The van der Waals surface area contributed by atoms with E-state index in [1.807, 2.05) is 29.2 Å². The highest BCUT2D eigenvalue weighted by Crippen LogP contribution is 2.34. The Morgan fingerprint density at radius 2 is 1.85 bits per heavy atom. The van der Waals surface area contributed by atoms with Crippen molar-refractivity contribution in [3.8, 4) is 0 Å². The van der Waals surface area contributed by atoms with E-state index >= 15 is 0 Å². The summed E-state index contributed by atoms with van der Waals surface area (Å²) in [6.45, 7) is 4.42. The molecule has 1 N–H and O–H groups in total. The molecule has 4 rings (SSSR count). The Kier molecular flexibility index (Phi) is 7.53. The number of carbonyl (C=O) groups excluding carboxylic acids is 2. The Hall–Kier alpha value is -2.61. The maximum Gasteiger partial charge on any atom is 0.227 e. The van der Waals surface area contributed by atoms with Crippen LogP contribution < -0.4 is 10.2 Å². The minimum atomic E-state index is -0.565. The van der Waals surface area contributed by atoms with Gasteiger partial charge in [-0.05, 0) is 31.0 Å². The van der Waals surface area contributed by atoms with Crippen LogP contribution in [0.25, 0.3) is 0 Å². The molecule has 0 bridgehead atoms. The summed E-state index contributed by atoms with van der Waals surface area (Å²) in [5.74, 6) is 0.990. The third-order valence-corrected chi connectivity index (χ3v) is 6.86. The van der Waals surface area contributed by atoms with E-state index in [0.717, 1.165) is 57.3 Å². The Bertz CT molecular complexity index is 963. The summed E-state index contributed by atoms with van der Waals surface area (Å²) in [6, 6.07) is 7.80. The second kappa shape index (κ2) is 10.5. The average Bonchev–Trinajstić information content (AvgIpc) is 3.17. The van der Waals surface area contributed by atoms with E-state index in [9.17, 15) is 9.59 Å². The fourth-order valence-electron chi connectivity index (χ4n) is 4.88. The number of halogens is 1. The lowest BCUT2D eigenvalue weighted by Crippen LogP contribution is -2.48. The van der Waals surface area contributed by atoms with Gasteiger partial charge in [0.25, 0.3) is 0 Å². The maximum absolute atomic E-state index is 12.8. The van der Waals surface area contributed by atoms with Gasteiger partial charge in [-0.3, -0.25) is 9.59 Å². The van der Waals surface area contributed by atoms with Crippen LogP contribution in [0.2, 0.25) is 5.02 Å². The van der Waals surface area contributed by atoms with Crippen LogP contribution in [0.5, 0.6) is 0 Å². The van der Waals surface area contributed by atoms with E-state index in [-0.39, 0.29) is 11.8 Å². The molecule has 1 aliphatic heterocycles. The molecule has 1 saturated heterocycles. The monoisotopic (exact) mass is 473 g/mol. The van der Waals surface area contributed by atoms with Gasteiger partial charge in [0.05, 0.1) is 0 Å². The van der Waals surface area contributed by atoms with E-state index in [1.54, 1.807) is 0 Å². The molecule has 9 heteroatoms. The first-order valence-corrected chi connectivity index (χ1v) is 12.2. The average molecular weight is 474 g/mol. The molecule has 0 atom stereocenters. The molecule has 0 unspecified atom stereocenters. The topological polar surface area (TPSA) is 91.6 Å². The van der Waals surface area contributed by atoms with Crippen LogP contribution in [0.1, 0.15) is 63.6 Å².